The molecule has 0 aliphatic carbocycles. The first kappa shape index (κ1) is 11.7. The van der Waals surface area contributed by atoms with Crippen LogP contribution in [-0.2, 0) is 9.53 Å². The van der Waals surface area contributed by atoms with E-state index in [0.29, 0.717) is 0 Å². The summed E-state index contributed by atoms with van der Waals surface area (Å²) < 4.78 is 4.47. The number of nitrogen functional groups attached to an aromatic ring is 1. The Morgan fingerprint density at radius 2 is 2.27 bits per heavy atom. The number of rotatable bonds is 3. The fourth-order valence-corrected chi connectivity index (χ4v) is 1.69. The van der Waals surface area contributed by atoms with Crippen LogP contribution in [0.5, 0.6) is 0 Å². The summed E-state index contributed by atoms with van der Waals surface area (Å²) in [5.41, 5.74) is 7.49. The number of esters is 1. The van der Waals surface area contributed by atoms with Gasteiger partial charge in [0.1, 0.15) is 0 Å². The molecule has 0 amide bonds. The Morgan fingerprint density at radius 1 is 1.53 bits per heavy atom. The third kappa shape index (κ3) is 3.67. The van der Waals surface area contributed by atoms with Gasteiger partial charge >= 0.3 is 5.97 Å². The van der Waals surface area contributed by atoms with Crippen molar-refractivity contribution in [2.45, 2.75) is 11.8 Å². The van der Waals surface area contributed by atoms with E-state index >= 15 is 0 Å². The van der Waals surface area contributed by atoms with E-state index in [4.69, 9.17) is 5.73 Å². The van der Waals surface area contributed by atoms with Crippen molar-refractivity contribution in [1.82, 2.24) is 0 Å². The lowest BCUT2D eigenvalue weighted by atomic mass is 10.2. The molecule has 2 N–H and O–H groups in total. The monoisotopic (exact) mass is 223 g/mol. The Balaban J connectivity index is 2.62. The number of carbonyl (C=O) groups is 1. The van der Waals surface area contributed by atoms with Crippen LogP contribution in [0.3, 0.4) is 0 Å². The quantitative estimate of drug-likeness (QED) is 0.370. The molecule has 0 unspecified atom stereocenters. The molecule has 0 aliphatic heterocycles. The van der Waals surface area contributed by atoms with Gasteiger partial charge in [-0.2, -0.15) is 0 Å². The van der Waals surface area contributed by atoms with Crippen LogP contribution >= 0.6 is 11.8 Å². The number of hydrogen-bond acceptors (Lipinski definition) is 4. The van der Waals surface area contributed by atoms with E-state index in [-0.39, 0.29) is 5.97 Å². The van der Waals surface area contributed by atoms with E-state index in [1.807, 2.05) is 25.1 Å². The van der Waals surface area contributed by atoms with Crippen LogP contribution in [-0.4, -0.2) is 13.1 Å². The summed E-state index contributed by atoms with van der Waals surface area (Å²) >= 11 is 1.45. The van der Waals surface area contributed by atoms with Crippen molar-refractivity contribution in [3.05, 3.63) is 35.2 Å². The Morgan fingerprint density at radius 3 is 2.87 bits per heavy atom. The van der Waals surface area contributed by atoms with Crippen LogP contribution in [0.1, 0.15) is 5.56 Å². The fourth-order valence-electron chi connectivity index (χ4n) is 0.958. The van der Waals surface area contributed by atoms with Crippen LogP contribution in [0, 0.1) is 6.92 Å². The van der Waals surface area contributed by atoms with Crippen LogP contribution < -0.4 is 5.73 Å². The second-order valence-corrected chi connectivity index (χ2v) is 3.94. The zero-order valence-corrected chi connectivity index (χ0v) is 9.51. The molecule has 0 spiro atoms. The molecule has 3 nitrogen and oxygen atoms in total. The lowest BCUT2D eigenvalue weighted by Crippen LogP contribution is -1.92. The van der Waals surface area contributed by atoms with Crippen molar-refractivity contribution in [2.75, 3.05) is 12.8 Å². The second kappa shape index (κ2) is 5.46. The van der Waals surface area contributed by atoms with Gasteiger partial charge in [0.15, 0.2) is 0 Å². The van der Waals surface area contributed by atoms with Crippen LogP contribution in [0.4, 0.5) is 5.69 Å². The number of benzene rings is 1. The zero-order chi connectivity index (χ0) is 11.3. The number of methoxy groups -OCH3 is 1. The highest BCUT2D eigenvalue weighted by Gasteiger charge is 1.96. The van der Waals surface area contributed by atoms with Gasteiger partial charge in [-0.25, -0.2) is 4.79 Å². The van der Waals surface area contributed by atoms with E-state index in [9.17, 15) is 4.79 Å². The minimum absolute atomic E-state index is 0.352. The molecule has 0 heterocycles. The van der Waals surface area contributed by atoms with Gasteiger partial charge in [-0.05, 0) is 36.1 Å². The highest BCUT2D eigenvalue weighted by Crippen LogP contribution is 2.23. The molecule has 0 bridgehead atoms. The summed E-state index contributed by atoms with van der Waals surface area (Å²) in [6.45, 7) is 1.95. The predicted molar refractivity (Wildman–Crippen MR) is 62.6 cm³/mol. The molecular formula is C11H13NO2S. The van der Waals surface area contributed by atoms with Gasteiger partial charge in [-0.3, -0.25) is 0 Å². The van der Waals surface area contributed by atoms with Crippen LogP contribution in [0.25, 0.3) is 0 Å². The van der Waals surface area contributed by atoms with Gasteiger partial charge in [0.05, 0.1) is 7.11 Å². The first-order valence-corrected chi connectivity index (χ1v) is 5.28. The van der Waals surface area contributed by atoms with E-state index in [1.54, 1.807) is 5.41 Å². The molecule has 0 fully saturated rings. The van der Waals surface area contributed by atoms with Crippen molar-refractivity contribution >= 4 is 23.4 Å². The molecule has 0 saturated heterocycles. The van der Waals surface area contributed by atoms with E-state index in [1.165, 1.54) is 24.9 Å². The summed E-state index contributed by atoms with van der Waals surface area (Å²) in [6, 6.07) is 5.74. The van der Waals surface area contributed by atoms with Gasteiger partial charge < -0.3 is 10.5 Å². The molecule has 15 heavy (non-hydrogen) atoms. The topological polar surface area (TPSA) is 52.3 Å². The molecule has 80 valence electrons. The standard InChI is InChI=1S/C11H13NO2S/c1-8-7-9(3-4-10(8)12)15-6-5-11(13)14-2/h3-7H,12H2,1-2H3. The number of ether oxygens (including phenoxy) is 1. The molecule has 1 rings (SSSR count). The highest BCUT2D eigenvalue weighted by molar-refractivity contribution is 8.02. The Hall–Kier alpha value is -1.42. The van der Waals surface area contributed by atoms with Crippen molar-refractivity contribution in [3.8, 4) is 0 Å². The highest BCUT2D eigenvalue weighted by atomic mass is 32.2. The third-order valence-electron chi connectivity index (χ3n) is 1.85. The van der Waals surface area contributed by atoms with Gasteiger partial charge in [0.25, 0.3) is 0 Å². The molecule has 4 heteroatoms. The van der Waals surface area contributed by atoms with Gasteiger partial charge in [-0.15, -0.1) is 0 Å². The Kier molecular flexibility index (Phi) is 4.24. The summed E-state index contributed by atoms with van der Waals surface area (Å²) in [6.07, 6.45) is 1.39. The van der Waals surface area contributed by atoms with Gasteiger partial charge in [-0.1, -0.05) is 11.8 Å². The van der Waals surface area contributed by atoms with Crippen LogP contribution in [0.15, 0.2) is 34.6 Å². The van der Waals surface area contributed by atoms with Crippen molar-refractivity contribution in [3.63, 3.8) is 0 Å². The second-order valence-electron chi connectivity index (χ2n) is 2.96. The van der Waals surface area contributed by atoms with Gasteiger partial charge in [0.2, 0.25) is 0 Å². The summed E-state index contributed by atoms with van der Waals surface area (Å²) in [4.78, 5) is 11.8. The first-order valence-electron chi connectivity index (χ1n) is 4.41. The Bertz CT molecular complexity index is 388. The number of anilines is 1. The summed E-state index contributed by atoms with van der Waals surface area (Å²) in [5, 5.41) is 1.69. The predicted octanol–water partition coefficient (Wildman–Crippen LogP) is 2.36. The van der Waals surface area contributed by atoms with Crippen LogP contribution in [0.2, 0.25) is 0 Å². The van der Waals surface area contributed by atoms with E-state index in [2.05, 4.69) is 4.74 Å². The minimum Gasteiger partial charge on any atom is -0.466 e. The molecule has 0 radical (unpaired) electrons. The number of carbonyl (C=O) groups excluding carboxylic acids is 1. The molecule has 0 saturated carbocycles. The summed E-state index contributed by atoms with van der Waals surface area (Å²) in [7, 11) is 1.35. The molecular weight excluding hydrogens is 210 g/mol. The average Bonchev–Trinajstić information content (AvgIpc) is 2.23. The fraction of sp³-hybridized carbons (Fsp3) is 0.182. The van der Waals surface area contributed by atoms with E-state index < -0.39 is 0 Å². The maximum atomic E-state index is 10.8. The van der Waals surface area contributed by atoms with Crippen molar-refractivity contribution in [1.29, 1.82) is 0 Å². The number of aryl methyl sites for hydroxylation is 1. The molecule has 0 atom stereocenters. The lowest BCUT2D eigenvalue weighted by molar-refractivity contribution is -0.134. The number of hydrogen-bond donors (Lipinski definition) is 1. The maximum absolute atomic E-state index is 10.8. The lowest BCUT2D eigenvalue weighted by Gasteiger charge is -2.01. The maximum Gasteiger partial charge on any atom is 0.330 e. The number of thioether (sulfide) groups is 1. The molecule has 0 aliphatic rings. The molecule has 1 aromatic carbocycles. The van der Waals surface area contributed by atoms with Crippen molar-refractivity contribution < 1.29 is 9.53 Å². The Labute approximate surface area is 93.3 Å². The first-order chi connectivity index (χ1) is 7.13. The molecule has 0 aromatic heterocycles. The van der Waals surface area contributed by atoms with Gasteiger partial charge in [0, 0.05) is 16.7 Å². The summed E-state index contributed by atoms with van der Waals surface area (Å²) in [5.74, 6) is -0.352. The largest absolute Gasteiger partial charge is 0.466 e. The van der Waals surface area contributed by atoms with Crippen molar-refractivity contribution in [2.24, 2.45) is 0 Å². The average molecular weight is 223 g/mol. The smallest absolute Gasteiger partial charge is 0.330 e. The normalized spacial score (nSPS) is 10.5. The molecule has 1 aromatic rings. The minimum atomic E-state index is -0.352. The number of nitrogens with two attached hydrogens (primary N) is 1. The van der Waals surface area contributed by atoms with E-state index in [0.717, 1.165) is 16.1 Å². The SMILES string of the molecule is COC(=O)C=CSc1ccc(N)c(C)c1. The zero-order valence-electron chi connectivity index (χ0n) is 8.69. The third-order valence-corrected chi connectivity index (χ3v) is 2.65.